The number of nitrogens with one attached hydrogen (secondary N) is 1. The molecule has 0 radical (unpaired) electrons. The molecule has 32 heavy (non-hydrogen) atoms. The SMILES string of the molecule is CC[C@H]1CC[C@H](n2cc3cc(NC(=O)c4ncc(F)cc4F)c(C(C)(C)O)cc3n2)CC1. The lowest BCUT2D eigenvalue weighted by atomic mass is 9.85. The van der Waals surface area contributed by atoms with Crippen molar-refractivity contribution < 1.29 is 18.7 Å². The minimum Gasteiger partial charge on any atom is -0.386 e. The Kier molecular flexibility index (Phi) is 5.99. The van der Waals surface area contributed by atoms with Gasteiger partial charge in [0.2, 0.25) is 0 Å². The summed E-state index contributed by atoms with van der Waals surface area (Å²) in [6.07, 6.45) is 8.46. The van der Waals surface area contributed by atoms with Crippen LogP contribution in [0, 0.1) is 17.6 Å². The fourth-order valence-corrected chi connectivity index (χ4v) is 4.47. The molecule has 0 unspecified atom stereocenters. The quantitative estimate of drug-likeness (QED) is 0.560. The lowest BCUT2D eigenvalue weighted by Crippen LogP contribution is -2.22. The third-order valence-corrected chi connectivity index (χ3v) is 6.36. The van der Waals surface area contributed by atoms with Crippen LogP contribution in [0.5, 0.6) is 0 Å². The third-order valence-electron chi connectivity index (χ3n) is 6.36. The van der Waals surface area contributed by atoms with Crippen molar-refractivity contribution in [1.29, 1.82) is 0 Å². The van der Waals surface area contributed by atoms with Crippen LogP contribution in [0.25, 0.3) is 10.9 Å². The predicted octanol–water partition coefficient (Wildman–Crippen LogP) is 5.33. The molecule has 1 aliphatic rings. The number of halogens is 2. The van der Waals surface area contributed by atoms with Gasteiger partial charge in [-0.25, -0.2) is 13.8 Å². The number of amides is 1. The van der Waals surface area contributed by atoms with E-state index in [9.17, 15) is 18.7 Å². The molecule has 1 aromatic carbocycles. The summed E-state index contributed by atoms with van der Waals surface area (Å²) in [5, 5.41) is 18.9. The lowest BCUT2D eigenvalue weighted by molar-refractivity contribution is 0.0793. The second-order valence-electron chi connectivity index (χ2n) is 9.15. The van der Waals surface area contributed by atoms with Crippen LogP contribution in [0.4, 0.5) is 14.5 Å². The summed E-state index contributed by atoms with van der Waals surface area (Å²) >= 11 is 0. The van der Waals surface area contributed by atoms with Gasteiger partial charge in [-0.05, 0) is 57.6 Å². The maximum absolute atomic E-state index is 14.0. The Morgan fingerprint density at radius 1 is 1.22 bits per heavy atom. The van der Waals surface area contributed by atoms with Crippen molar-refractivity contribution in [2.24, 2.45) is 5.92 Å². The maximum Gasteiger partial charge on any atom is 0.277 e. The highest BCUT2D eigenvalue weighted by Crippen LogP contribution is 2.36. The molecule has 3 aromatic rings. The Morgan fingerprint density at radius 3 is 2.56 bits per heavy atom. The van der Waals surface area contributed by atoms with Crippen molar-refractivity contribution in [2.75, 3.05) is 5.32 Å². The number of hydrogen-bond donors (Lipinski definition) is 2. The molecule has 6 nitrogen and oxygen atoms in total. The summed E-state index contributed by atoms with van der Waals surface area (Å²) in [6, 6.07) is 4.40. The van der Waals surface area contributed by atoms with Gasteiger partial charge in [-0.3, -0.25) is 9.48 Å². The van der Waals surface area contributed by atoms with Gasteiger partial charge in [-0.15, -0.1) is 0 Å². The molecular formula is C24H28F2N4O2. The number of carbonyl (C=O) groups is 1. The number of nitrogens with zero attached hydrogens (tertiary/aromatic N) is 3. The molecule has 1 aliphatic carbocycles. The molecular weight excluding hydrogens is 414 g/mol. The number of aliphatic hydroxyl groups is 1. The zero-order valence-electron chi connectivity index (χ0n) is 18.5. The molecule has 2 N–H and O–H groups in total. The fraction of sp³-hybridized carbons (Fsp3) is 0.458. The first-order valence-corrected chi connectivity index (χ1v) is 11.0. The van der Waals surface area contributed by atoms with E-state index in [4.69, 9.17) is 5.10 Å². The number of rotatable bonds is 5. The zero-order chi connectivity index (χ0) is 23.0. The molecule has 1 amide bonds. The number of fused-ring (bicyclic) bond motifs is 1. The maximum atomic E-state index is 14.0. The molecule has 0 bridgehead atoms. The molecule has 0 saturated heterocycles. The average molecular weight is 443 g/mol. The molecule has 170 valence electrons. The average Bonchev–Trinajstić information content (AvgIpc) is 3.15. The predicted molar refractivity (Wildman–Crippen MR) is 118 cm³/mol. The van der Waals surface area contributed by atoms with Crippen LogP contribution in [-0.4, -0.2) is 25.8 Å². The summed E-state index contributed by atoms with van der Waals surface area (Å²) in [5.74, 6) is -1.96. The van der Waals surface area contributed by atoms with Crippen LogP contribution in [0.2, 0.25) is 0 Å². The highest BCUT2D eigenvalue weighted by atomic mass is 19.1. The van der Waals surface area contributed by atoms with E-state index < -0.39 is 28.8 Å². The Bertz CT molecular complexity index is 1140. The number of carbonyl (C=O) groups excluding carboxylic acids is 1. The van der Waals surface area contributed by atoms with E-state index in [1.807, 2.05) is 10.9 Å². The Hall–Kier alpha value is -2.87. The number of aromatic nitrogens is 3. The minimum absolute atomic E-state index is 0.325. The van der Waals surface area contributed by atoms with E-state index in [1.54, 1.807) is 26.0 Å². The van der Waals surface area contributed by atoms with Crippen LogP contribution in [0.3, 0.4) is 0 Å². The molecule has 2 heterocycles. The number of anilines is 1. The first kappa shape index (κ1) is 22.3. The van der Waals surface area contributed by atoms with E-state index in [0.29, 0.717) is 28.9 Å². The van der Waals surface area contributed by atoms with Crippen LogP contribution >= 0.6 is 0 Å². The monoisotopic (exact) mass is 442 g/mol. The van der Waals surface area contributed by atoms with E-state index >= 15 is 0 Å². The van der Waals surface area contributed by atoms with Gasteiger partial charge in [0, 0.05) is 28.9 Å². The summed E-state index contributed by atoms with van der Waals surface area (Å²) in [4.78, 5) is 16.2. The van der Waals surface area contributed by atoms with Crippen molar-refractivity contribution in [3.8, 4) is 0 Å². The van der Waals surface area contributed by atoms with Crippen LogP contribution in [0.15, 0.2) is 30.6 Å². The van der Waals surface area contributed by atoms with Crippen LogP contribution < -0.4 is 5.32 Å². The molecule has 1 saturated carbocycles. The smallest absolute Gasteiger partial charge is 0.277 e. The Labute approximate surface area is 185 Å². The van der Waals surface area contributed by atoms with E-state index in [2.05, 4.69) is 17.2 Å². The molecule has 4 rings (SSSR count). The zero-order valence-corrected chi connectivity index (χ0v) is 18.5. The van der Waals surface area contributed by atoms with Gasteiger partial charge in [0.25, 0.3) is 5.91 Å². The second kappa shape index (κ2) is 8.58. The molecule has 8 heteroatoms. The van der Waals surface area contributed by atoms with Crippen molar-refractivity contribution in [1.82, 2.24) is 14.8 Å². The van der Waals surface area contributed by atoms with Gasteiger partial charge in [-0.2, -0.15) is 5.10 Å². The van der Waals surface area contributed by atoms with E-state index in [1.165, 1.54) is 19.3 Å². The van der Waals surface area contributed by atoms with Gasteiger partial charge < -0.3 is 10.4 Å². The van der Waals surface area contributed by atoms with Crippen molar-refractivity contribution in [2.45, 2.75) is 64.5 Å². The van der Waals surface area contributed by atoms with Crippen molar-refractivity contribution >= 4 is 22.5 Å². The summed E-state index contributed by atoms with van der Waals surface area (Å²) in [7, 11) is 0. The topological polar surface area (TPSA) is 80.0 Å². The summed E-state index contributed by atoms with van der Waals surface area (Å²) in [6.45, 7) is 5.43. The number of pyridine rings is 1. The first-order chi connectivity index (χ1) is 15.2. The number of hydrogen-bond acceptors (Lipinski definition) is 4. The summed E-state index contributed by atoms with van der Waals surface area (Å²) in [5.41, 5.74) is -0.315. The highest BCUT2D eigenvalue weighted by molar-refractivity contribution is 6.04. The largest absolute Gasteiger partial charge is 0.386 e. The molecule has 0 aliphatic heterocycles. The third kappa shape index (κ3) is 4.50. The van der Waals surface area contributed by atoms with Gasteiger partial charge >= 0.3 is 0 Å². The van der Waals surface area contributed by atoms with Gasteiger partial charge in [0.05, 0.1) is 23.4 Å². The first-order valence-electron chi connectivity index (χ1n) is 11.0. The Morgan fingerprint density at radius 2 is 1.94 bits per heavy atom. The minimum atomic E-state index is -1.28. The van der Waals surface area contributed by atoms with Crippen LogP contribution in [-0.2, 0) is 5.60 Å². The number of benzene rings is 1. The Balaban J connectivity index is 1.67. The van der Waals surface area contributed by atoms with E-state index in [-0.39, 0.29) is 0 Å². The molecule has 2 aromatic heterocycles. The van der Waals surface area contributed by atoms with Crippen LogP contribution in [0.1, 0.15) is 75.0 Å². The van der Waals surface area contributed by atoms with Crippen molar-refractivity contribution in [3.05, 3.63) is 53.5 Å². The lowest BCUT2D eigenvalue weighted by Gasteiger charge is -2.27. The molecule has 0 atom stereocenters. The highest BCUT2D eigenvalue weighted by Gasteiger charge is 2.26. The van der Waals surface area contributed by atoms with Crippen molar-refractivity contribution in [3.63, 3.8) is 0 Å². The van der Waals surface area contributed by atoms with Gasteiger partial charge in [0.1, 0.15) is 5.82 Å². The van der Waals surface area contributed by atoms with E-state index in [0.717, 1.165) is 30.3 Å². The summed E-state index contributed by atoms with van der Waals surface area (Å²) < 4.78 is 29.2. The van der Waals surface area contributed by atoms with Gasteiger partial charge in [0.15, 0.2) is 11.5 Å². The normalized spacial score (nSPS) is 19.3. The second-order valence-corrected chi connectivity index (χ2v) is 9.15. The van der Waals surface area contributed by atoms with Gasteiger partial charge in [-0.1, -0.05) is 13.3 Å². The molecule has 1 fully saturated rings. The molecule has 0 spiro atoms. The standard InChI is InChI=1S/C24H28F2N4O2/c1-4-14-5-7-17(8-6-14)30-13-15-9-21(18(24(2,3)32)11-20(15)29-30)28-23(31)22-19(26)10-16(25)12-27-22/h9-14,17,32H,4-8H2,1-3H3,(H,28,31)/t14-,17-. The fourth-order valence-electron chi connectivity index (χ4n) is 4.47.